The van der Waals surface area contributed by atoms with E-state index in [0.717, 1.165) is 103 Å². The molecular weight excluding hydrogens is 949 g/mol. The second kappa shape index (κ2) is 65.1. The van der Waals surface area contributed by atoms with E-state index in [1.165, 1.54) is 186 Å². The van der Waals surface area contributed by atoms with E-state index in [4.69, 9.17) is 14.2 Å². The van der Waals surface area contributed by atoms with Gasteiger partial charge in [0.25, 0.3) is 0 Å². The van der Waals surface area contributed by atoms with E-state index in [-0.39, 0.29) is 31.1 Å². The average molecular weight is 1070 g/mol. The Hall–Kier alpha value is -3.41. The fourth-order valence-corrected chi connectivity index (χ4v) is 9.44. The average Bonchev–Trinajstić information content (AvgIpc) is 3.43. The lowest BCUT2D eigenvalue weighted by Crippen LogP contribution is -2.30. The van der Waals surface area contributed by atoms with E-state index < -0.39 is 6.10 Å². The number of unbranched alkanes of at least 4 members (excludes halogenated alkanes) is 35. The minimum atomic E-state index is -0.775. The van der Waals surface area contributed by atoms with Crippen molar-refractivity contribution in [2.75, 3.05) is 13.2 Å². The van der Waals surface area contributed by atoms with Crippen LogP contribution in [0.4, 0.5) is 0 Å². The van der Waals surface area contributed by atoms with Gasteiger partial charge in [0.2, 0.25) is 0 Å². The third-order valence-corrected chi connectivity index (χ3v) is 14.4. The molecule has 0 fully saturated rings. The summed E-state index contributed by atoms with van der Waals surface area (Å²) in [6.45, 7) is 6.48. The number of carbonyl (C=O) groups excluding carboxylic acids is 3. The zero-order chi connectivity index (χ0) is 55.7. The quantitative estimate of drug-likeness (QED) is 0.0261. The number of rotatable bonds is 60. The molecule has 0 spiro atoms. The maximum absolute atomic E-state index is 12.8. The highest BCUT2D eigenvalue weighted by Crippen LogP contribution is 2.17. The molecule has 6 nitrogen and oxygen atoms in total. The van der Waals surface area contributed by atoms with Crippen LogP contribution in [-0.4, -0.2) is 37.2 Å². The third kappa shape index (κ3) is 63.3. The van der Waals surface area contributed by atoms with Crippen molar-refractivity contribution in [3.8, 4) is 0 Å². The third-order valence-electron chi connectivity index (χ3n) is 14.4. The molecule has 444 valence electrons. The first kappa shape index (κ1) is 73.6. The molecule has 0 aromatic heterocycles. The fourth-order valence-electron chi connectivity index (χ4n) is 9.44. The summed E-state index contributed by atoms with van der Waals surface area (Å²) in [4.78, 5) is 38.1. The molecule has 0 heterocycles. The van der Waals surface area contributed by atoms with Crippen LogP contribution in [0.3, 0.4) is 0 Å². The summed E-state index contributed by atoms with van der Waals surface area (Å²) in [5, 5.41) is 0. The molecule has 0 bridgehead atoms. The Morgan fingerprint density at radius 2 is 0.506 bits per heavy atom. The molecule has 0 aliphatic heterocycles. The van der Waals surface area contributed by atoms with E-state index in [2.05, 4.69) is 106 Å². The van der Waals surface area contributed by atoms with Gasteiger partial charge < -0.3 is 14.2 Å². The molecule has 0 saturated carbocycles. The predicted octanol–water partition coefficient (Wildman–Crippen LogP) is 22.7. The highest BCUT2D eigenvalue weighted by molar-refractivity contribution is 5.71. The molecule has 0 aromatic carbocycles. The largest absolute Gasteiger partial charge is 0.462 e. The molecule has 6 heteroatoms. The maximum Gasteiger partial charge on any atom is 0.306 e. The van der Waals surface area contributed by atoms with Crippen LogP contribution in [-0.2, 0) is 28.6 Å². The van der Waals surface area contributed by atoms with Crippen LogP contribution in [0.15, 0.2) is 85.1 Å². The molecule has 0 aromatic rings. The summed E-state index contributed by atoms with van der Waals surface area (Å²) in [6.07, 6.45) is 86.3. The van der Waals surface area contributed by atoms with E-state index >= 15 is 0 Å². The zero-order valence-electron chi connectivity index (χ0n) is 51.0. The Kier molecular flexibility index (Phi) is 62.2. The first-order valence-electron chi connectivity index (χ1n) is 33.1. The topological polar surface area (TPSA) is 78.9 Å². The number of hydrogen-bond donors (Lipinski definition) is 0. The molecule has 0 radical (unpaired) electrons. The summed E-state index contributed by atoms with van der Waals surface area (Å²) >= 11 is 0. The Morgan fingerprint density at radius 1 is 0.273 bits per heavy atom. The zero-order valence-corrected chi connectivity index (χ0v) is 51.0. The Bertz CT molecular complexity index is 1470. The molecule has 0 saturated heterocycles. The first-order chi connectivity index (χ1) is 38.0. The van der Waals surface area contributed by atoms with E-state index in [0.29, 0.717) is 19.3 Å². The van der Waals surface area contributed by atoms with E-state index in [1.54, 1.807) is 0 Å². The first-order valence-corrected chi connectivity index (χ1v) is 33.1. The lowest BCUT2D eigenvalue weighted by atomic mass is 10.0. The Labute approximate surface area is 477 Å². The lowest BCUT2D eigenvalue weighted by Gasteiger charge is -2.18. The Morgan fingerprint density at radius 3 is 0.818 bits per heavy atom. The molecule has 0 aliphatic carbocycles. The molecule has 1 unspecified atom stereocenters. The second-order valence-corrected chi connectivity index (χ2v) is 22.0. The van der Waals surface area contributed by atoms with Gasteiger partial charge in [-0.1, -0.05) is 298 Å². The molecule has 77 heavy (non-hydrogen) atoms. The van der Waals surface area contributed by atoms with Crippen molar-refractivity contribution in [3.05, 3.63) is 85.1 Å². The van der Waals surface area contributed by atoms with Crippen LogP contribution in [0, 0.1) is 0 Å². The van der Waals surface area contributed by atoms with Crippen LogP contribution < -0.4 is 0 Å². The van der Waals surface area contributed by atoms with Crippen molar-refractivity contribution in [3.63, 3.8) is 0 Å². The van der Waals surface area contributed by atoms with Crippen molar-refractivity contribution < 1.29 is 28.6 Å². The van der Waals surface area contributed by atoms with Gasteiger partial charge in [0.05, 0.1) is 0 Å². The van der Waals surface area contributed by atoms with Gasteiger partial charge in [0, 0.05) is 19.3 Å². The number of allylic oxidation sites excluding steroid dienone is 14. The number of esters is 3. The molecule has 0 N–H and O–H groups in total. The number of hydrogen-bond acceptors (Lipinski definition) is 6. The van der Waals surface area contributed by atoms with E-state index in [9.17, 15) is 14.4 Å². The maximum atomic E-state index is 12.8. The molecule has 0 amide bonds. The van der Waals surface area contributed by atoms with Gasteiger partial charge in [-0.2, -0.15) is 0 Å². The van der Waals surface area contributed by atoms with Gasteiger partial charge in [-0.3, -0.25) is 14.4 Å². The molecule has 1 atom stereocenters. The van der Waals surface area contributed by atoms with Crippen molar-refractivity contribution in [2.45, 2.75) is 335 Å². The van der Waals surface area contributed by atoms with Gasteiger partial charge in [-0.05, 0) is 96.3 Å². The second-order valence-electron chi connectivity index (χ2n) is 22.0. The van der Waals surface area contributed by atoms with Gasteiger partial charge in [-0.15, -0.1) is 0 Å². The van der Waals surface area contributed by atoms with Crippen LogP contribution in [0.1, 0.15) is 329 Å². The number of carbonyl (C=O) groups is 3. The summed E-state index contributed by atoms with van der Waals surface area (Å²) < 4.78 is 16.8. The van der Waals surface area contributed by atoms with Crippen LogP contribution in [0.2, 0.25) is 0 Å². The van der Waals surface area contributed by atoms with Crippen LogP contribution in [0.25, 0.3) is 0 Å². The fraction of sp³-hybridized carbons (Fsp3) is 0.761. The van der Waals surface area contributed by atoms with Crippen LogP contribution >= 0.6 is 0 Å². The highest BCUT2D eigenvalue weighted by Gasteiger charge is 2.19. The van der Waals surface area contributed by atoms with E-state index in [1.807, 2.05) is 0 Å². The van der Waals surface area contributed by atoms with Crippen LogP contribution in [0.5, 0.6) is 0 Å². The highest BCUT2D eigenvalue weighted by atomic mass is 16.6. The van der Waals surface area contributed by atoms with Gasteiger partial charge in [0.15, 0.2) is 6.10 Å². The van der Waals surface area contributed by atoms with Crippen molar-refractivity contribution in [1.82, 2.24) is 0 Å². The van der Waals surface area contributed by atoms with Crippen molar-refractivity contribution in [2.24, 2.45) is 0 Å². The predicted molar refractivity (Wildman–Crippen MR) is 334 cm³/mol. The van der Waals surface area contributed by atoms with Crippen molar-refractivity contribution >= 4 is 17.9 Å². The monoisotopic (exact) mass is 1070 g/mol. The minimum Gasteiger partial charge on any atom is -0.462 e. The number of ether oxygens (including phenoxy) is 3. The Balaban J connectivity index is 3.99. The normalized spacial score (nSPS) is 12.6. The standard InChI is InChI=1S/C71H124O6/c1-4-7-10-13-16-18-20-22-24-26-27-28-29-30-31-32-33-34-35-36-37-38-39-40-41-42-43-45-46-48-50-52-55-58-61-64-70(73)76-67-68(66-75-69(72)63-60-57-54-15-12-9-6-3)77-71(74)65-62-59-56-53-51-49-47-44-25-23-21-19-17-14-11-8-5-2/h7,10,16-19,22-25,27-28,30-31,68H,4-6,8-9,11-15,20-21,26,29,32-67H2,1-3H3/b10-7-,18-16-,19-17-,24-22-,25-23-,28-27-,31-30-. The minimum absolute atomic E-state index is 0.0749. The SMILES string of the molecule is CC/C=C\C/C=C\C/C=C\C/C=C\C/C=C\CCCCCCCCCCCCCCCCCCCCCC(=O)OCC(COC(=O)CCCCCCCCC)OC(=O)CCCCCCCCC/C=C\C/C=C\CCCCC. The van der Waals surface area contributed by atoms with Gasteiger partial charge >= 0.3 is 17.9 Å². The summed E-state index contributed by atoms with van der Waals surface area (Å²) in [5.74, 6) is -0.876. The molecule has 0 rings (SSSR count). The van der Waals surface area contributed by atoms with Gasteiger partial charge in [0.1, 0.15) is 13.2 Å². The summed E-state index contributed by atoms with van der Waals surface area (Å²) in [6, 6.07) is 0. The lowest BCUT2D eigenvalue weighted by molar-refractivity contribution is -0.167. The summed E-state index contributed by atoms with van der Waals surface area (Å²) in [5.41, 5.74) is 0. The smallest absolute Gasteiger partial charge is 0.306 e. The van der Waals surface area contributed by atoms with Crippen molar-refractivity contribution in [1.29, 1.82) is 0 Å². The molecular formula is C71H124O6. The van der Waals surface area contributed by atoms with Gasteiger partial charge in [-0.25, -0.2) is 0 Å². The summed E-state index contributed by atoms with van der Waals surface area (Å²) in [7, 11) is 0. The molecule has 0 aliphatic rings.